The van der Waals surface area contributed by atoms with Crippen LogP contribution in [0.15, 0.2) is 18.2 Å². The van der Waals surface area contributed by atoms with Crippen molar-refractivity contribution in [2.75, 3.05) is 6.54 Å². The van der Waals surface area contributed by atoms with Crippen molar-refractivity contribution in [3.8, 4) is 5.75 Å². The molecule has 0 aliphatic carbocycles. The highest BCUT2D eigenvalue weighted by molar-refractivity contribution is 5.67. The molecule has 0 fully saturated rings. The molecule has 1 rings (SSSR count). The van der Waals surface area contributed by atoms with E-state index >= 15 is 0 Å². The Morgan fingerprint density at radius 3 is 2.67 bits per heavy atom. The van der Waals surface area contributed by atoms with Crippen LogP contribution < -0.4 is 5.32 Å². The largest absolute Gasteiger partial charge is 0.505 e. The first kappa shape index (κ1) is 14.3. The number of ether oxygens (including phenoxy) is 1. The highest BCUT2D eigenvalue weighted by atomic mass is 19.1. The minimum Gasteiger partial charge on any atom is -0.505 e. The molecule has 0 aliphatic rings. The van der Waals surface area contributed by atoms with Gasteiger partial charge in [-0.1, -0.05) is 6.07 Å². The molecule has 0 aliphatic heterocycles. The molecule has 0 unspecified atom stereocenters. The van der Waals surface area contributed by atoms with Crippen LogP contribution in [-0.2, 0) is 11.2 Å². The minimum absolute atomic E-state index is 0.361. The summed E-state index contributed by atoms with van der Waals surface area (Å²) in [6, 6.07) is 4.09. The predicted molar refractivity (Wildman–Crippen MR) is 66.0 cm³/mol. The Hall–Kier alpha value is -1.78. The molecule has 18 heavy (non-hydrogen) atoms. The number of alkyl carbamates (subject to hydrolysis) is 1. The lowest BCUT2D eigenvalue weighted by molar-refractivity contribution is 0.0528. The van der Waals surface area contributed by atoms with Gasteiger partial charge in [-0.3, -0.25) is 0 Å². The summed E-state index contributed by atoms with van der Waals surface area (Å²) in [6.45, 7) is 5.71. The fourth-order valence-corrected chi connectivity index (χ4v) is 1.34. The molecule has 100 valence electrons. The lowest BCUT2D eigenvalue weighted by atomic mass is 10.1. The first-order valence-corrected chi connectivity index (χ1v) is 5.72. The Kier molecular flexibility index (Phi) is 4.53. The van der Waals surface area contributed by atoms with Crippen molar-refractivity contribution in [2.24, 2.45) is 0 Å². The number of hydrogen-bond acceptors (Lipinski definition) is 3. The van der Waals surface area contributed by atoms with Crippen molar-refractivity contribution in [3.63, 3.8) is 0 Å². The first-order valence-electron chi connectivity index (χ1n) is 5.72. The average Bonchev–Trinajstić information content (AvgIpc) is 2.20. The van der Waals surface area contributed by atoms with E-state index in [1.54, 1.807) is 26.8 Å². The number of phenols is 1. The van der Waals surface area contributed by atoms with Gasteiger partial charge in [-0.25, -0.2) is 9.18 Å². The summed E-state index contributed by atoms with van der Waals surface area (Å²) < 4.78 is 17.9. The highest BCUT2D eigenvalue weighted by Gasteiger charge is 2.15. The smallest absolute Gasteiger partial charge is 0.407 e. The topological polar surface area (TPSA) is 58.6 Å². The van der Waals surface area contributed by atoms with Gasteiger partial charge in [-0.2, -0.15) is 0 Å². The monoisotopic (exact) mass is 255 g/mol. The summed E-state index contributed by atoms with van der Waals surface area (Å²) in [7, 11) is 0. The molecule has 0 saturated heterocycles. The maximum atomic E-state index is 12.8. The van der Waals surface area contributed by atoms with Crippen LogP contribution in [0.2, 0.25) is 0 Å². The summed E-state index contributed by atoms with van der Waals surface area (Å²) in [4.78, 5) is 11.3. The third-order valence-corrected chi connectivity index (χ3v) is 2.09. The second kappa shape index (κ2) is 5.71. The van der Waals surface area contributed by atoms with Gasteiger partial charge in [-0.15, -0.1) is 0 Å². The summed E-state index contributed by atoms with van der Waals surface area (Å²) in [5.74, 6) is -1.04. The van der Waals surface area contributed by atoms with Gasteiger partial charge in [0.15, 0.2) is 11.6 Å². The van der Waals surface area contributed by atoms with Gasteiger partial charge in [0.05, 0.1) is 0 Å². The standard InChI is InChI=1S/C13H18FNO3/c1-13(2,3)18-12(17)15-7-6-9-4-5-10(14)11(16)8-9/h4-5,8,16H,6-7H2,1-3H3,(H,15,17). The van der Waals surface area contributed by atoms with Gasteiger partial charge in [0.1, 0.15) is 5.60 Å². The van der Waals surface area contributed by atoms with Crippen molar-refractivity contribution in [1.29, 1.82) is 0 Å². The zero-order valence-electron chi connectivity index (χ0n) is 10.8. The number of phenolic OH excluding ortho intramolecular Hbond substituents is 1. The van der Waals surface area contributed by atoms with Gasteiger partial charge in [0.25, 0.3) is 0 Å². The number of halogens is 1. The molecule has 0 spiro atoms. The van der Waals surface area contributed by atoms with Gasteiger partial charge in [0, 0.05) is 6.54 Å². The number of aromatic hydroxyl groups is 1. The van der Waals surface area contributed by atoms with Crippen LogP contribution >= 0.6 is 0 Å². The van der Waals surface area contributed by atoms with Gasteiger partial charge in [-0.05, 0) is 44.9 Å². The van der Waals surface area contributed by atoms with Crippen molar-refractivity contribution >= 4 is 6.09 Å². The molecule has 1 aromatic rings. The van der Waals surface area contributed by atoms with Crippen molar-refractivity contribution in [1.82, 2.24) is 5.32 Å². The highest BCUT2D eigenvalue weighted by Crippen LogP contribution is 2.16. The molecule has 1 aromatic carbocycles. The van der Waals surface area contributed by atoms with Crippen LogP contribution in [0.1, 0.15) is 26.3 Å². The second-order valence-electron chi connectivity index (χ2n) is 4.96. The molecule has 0 heterocycles. The zero-order chi connectivity index (χ0) is 13.8. The minimum atomic E-state index is -0.654. The first-order chi connectivity index (χ1) is 8.28. The Labute approximate surface area is 106 Å². The Morgan fingerprint density at radius 2 is 2.11 bits per heavy atom. The quantitative estimate of drug-likeness (QED) is 0.872. The Balaban J connectivity index is 2.38. The van der Waals surface area contributed by atoms with E-state index in [1.165, 1.54) is 12.1 Å². The molecule has 0 aromatic heterocycles. The van der Waals surface area contributed by atoms with Crippen LogP contribution in [0.25, 0.3) is 0 Å². The van der Waals surface area contributed by atoms with E-state index in [1.807, 2.05) is 0 Å². The third-order valence-electron chi connectivity index (χ3n) is 2.09. The normalized spacial score (nSPS) is 11.1. The summed E-state index contributed by atoms with van der Waals surface area (Å²) >= 11 is 0. The number of nitrogens with one attached hydrogen (secondary N) is 1. The third kappa shape index (κ3) is 5.03. The number of rotatable bonds is 3. The van der Waals surface area contributed by atoms with E-state index in [-0.39, 0.29) is 5.75 Å². The zero-order valence-corrected chi connectivity index (χ0v) is 10.8. The molecule has 0 saturated carbocycles. The Morgan fingerprint density at radius 1 is 1.44 bits per heavy atom. The molecule has 0 bridgehead atoms. The van der Waals surface area contributed by atoms with Gasteiger partial charge < -0.3 is 15.2 Å². The van der Waals surface area contributed by atoms with E-state index < -0.39 is 17.5 Å². The molecule has 2 N–H and O–H groups in total. The van der Waals surface area contributed by atoms with Gasteiger partial charge in [0.2, 0.25) is 0 Å². The van der Waals surface area contributed by atoms with Crippen molar-refractivity contribution < 1.29 is 19.0 Å². The maximum absolute atomic E-state index is 12.8. The number of carbonyl (C=O) groups excluding carboxylic acids is 1. The van der Waals surface area contributed by atoms with E-state index in [9.17, 15) is 14.3 Å². The van der Waals surface area contributed by atoms with Crippen LogP contribution in [-0.4, -0.2) is 23.3 Å². The SMILES string of the molecule is CC(C)(C)OC(=O)NCCc1ccc(F)c(O)c1. The Bertz CT molecular complexity index is 427. The van der Waals surface area contributed by atoms with E-state index in [0.717, 1.165) is 5.56 Å². The van der Waals surface area contributed by atoms with Crippen LogP contribution in [0.5, 0.6) is 5.75 Å². The van der Waals surface area contributed by atoms with E-state index in [4.69, 9.17) is 4.74 Å². The number of hydrogen-bond donors (Lipinski definition) is 2. The van der Waals surface area contributed by atoms with Crippen molar-refractivity contribution in [3.05, 3.63) is 29.6 Å². The molecule has 4 nitrogen and oxygen atoms in total. The van der Waals surface area contributed by atoms with E-state index in [2.05, 4.69) is 5.32 Å². The molecular formula is C13H18FNO3. The number of benzene rings is 1. The van der Waals surface area contributed by atoms with Crippen molar-refractivity contribution in [2.45, 2.75) is 32.8 Å². The van der Waals surface area contributed by atoms with Gasteiger partial charge >= 0.3 is 6.09 Å². The maximum Gasteiger partial charge on any atom is 0.407 e. The lowest BCUT2D eigenvalue weighted by Crippen LogP contribution is -2.33. The second-order valence-corrected chi connectivity index (χ2v) is 4.96. The number of amides is 1. The fourth-order valence-electron chi connectivity index (χ4n) is 1.34. The van der Waals surface area contributed by atoms with Crippen LogP contribution in [0.3, 0.4) is 0 Å². The molecule has 5 heteroatoms. The molecule has 0 radical (unpaired) electrons. The summed E-state index contributed by atoms with van der Waals surface area (Å²) in [6.07, 6.45) is 0.00132. The average molecular weight is 255 g/mol. The molecule has 1 amide bonds. The van der Waals surface area contributed by atoms with Crippen LogP contribution in [0, 0.1) is 5.82 Å². The van der Waals surface area contributed by atoms with Crippen LogP contribution in [0.4, 0.5) is 9.18 Å². The lowest BCUT2D eigenvalue weighted by Gasteiger charge is -2.19. The summed E-state index contributed by atoms with van der Waals surface area (Å²) in [5.41, 5.74) is 0.211. The number of carbonyl (C=O) groups is 1. The fraction of sp³-hybridized carbons (Fsp3) is 0.462. The summed E-state index contributed by atoms with van der Waals surface area (Å²) in [5, 5.41) is 11.8. The molecular weight excluding hydrogens is 237 g/mol. The molecule has 0 atom stereocenters. The van der Waals surface area contributed by atoms with E-state index in [0.29, 0.717) is 13.0 Å². The predicted octanol–water partition coefficient (Wildman–Crippen LogP) is 2.60.